The van der Waals surface area contributed by atoms with Crippen molar-refractivity contribution in [2.75, 3.05) is 0 Å². The first-order chi connectivity index (χ1) is 6.90. The van der Waals surface area contributed by atoms with Gasteiger partial charge in [-0.3, -0.25) is 4.84 Å². The molecule has 1 aromatic carbocycles. The number of rotatable bonds is 3. The van der Waals surface area contributed by atoms with Crippen molar-refractivity contribution >= 4 is 0 Å². The zero-order valence-corrected chi connectivity index (χ0v) is 9.79. The second kappa shape index (κ2) is 4.64. The minimum Gasteiger partial charge on any atom is -0.507 e. The average Bonchev–Trinajstić information content (AvgIpc) is 2.10. The molecule has 0 bridgehead atoms. The molecule has 15 heavy (non-hydrogen) atoms. The summed E-state index contributed by atoms with van der Waals surface area (Å²) in [7, 11) is 0. The minimum atomic E-state index is -0.223. The molecule has 0 heterocycles. The monoisotopic (exact) mass is 209 g/mol. The van der Waals surface area contributed by atoms with Gasteiger partial charge in [-0.2, -0.15) is 5.48 Å². The van der Waals surface area contributed by atoms with Crippen LogP contribution in [0.5, 0.6) is 5.75 Å². The van der Waals surface area contributed by atoms with E-state index >= 15 is 0 Å². The quantitative estimate of drug-likeness (QED) is 0.752. The molecular formula is C12H19NO2. The number of hydrogen-bond acceptors (Lipinski definition) is 3. The van der Waals surface area contributed by atoms with Crippen LogP contribution in [0.3, 0.4) is 0 Å². The van der Waals surface area contributed by atoms with Gasteiger partial charge in [0.2, 0.25) is 0 Å². The van der Waals surface area contributed by atoms with E-state index in [0.717, 1.165) is 11.1 Å². The Hall–Kier alpha value is -1.06. The maximum atomic E-state index is 9.73. The third kappa shape index (κ3) is 3.90. The van der Waals surface area contributed by atoms with Crippen LogP contribution in [0, 0.1) is 6.92 Å². The Kier molecular flexibility index (Phi) is 3.72. The largest absolute Gasteiger partial charge is 0.507 e. The first-order valence-corrected chi connectivity index (χ1v) is 5.08. The third-order valence-electron chi connectivity index (χ3n) is 1.96. The van der Waals surface area contributed by atoms with Crippen molar-refractivity contribution in [3.05, 3.63) is 29.3 Å². The van der Waals surface area contributed by atoms with Crippen molar-refractivity contribution in [1.82, 2.24) is 5.48 Å². The summed E-state index contributed by atoms with van der Waals surface area (Å²) in [6.07, 6.45) is 0. The van der Waals surface area contributed by atoms with Crippen LogP contribution in [-0.4, -0.2) is 10.7 Å². The highest BCUT2D eigenvalue weighted by Gasteiger charge is 2.10. The normalized spacial score (nSPS) is 11.7. The number of hydroxylamine groups is 1. The number of aryl methyl sites for hydroxylation is 1. The molecular weight excluding hydrogens is 190 g/mol. The van der Waals surface area contributed by atoms with Crippen LogP contribution in [0.1, 0.15) is 31.9 Å². The van der Waals surface area contributed by atoms with Gasteiger partial charge >= 0.3 is 0 Å². The van der Waals surface area contributed by atoms with E-state index in [1.807, 2.05) is 45.9 Å². The summed E-state index contributed by atoms with van der Waals surface area (Å²) in [6, 6.07) is 5.67. The topological polar surface area (TPSA) is 41.5 Å². The Morgan fingerprint density at radius 3 is 2.60 bits per heavy atom. The van der Waals surface area contributed by atoms with Gasteiger partial charge in [0.1, 0.15) is 5.75 Å². The van der Waals surface area contributed by atoms with Gasteiger partial charge in [-0.05, 0) is 33.3 Å². The highest BCUT2D eigenvalue weighted by Crippen LogP contribution is 2.21. The summed E-state index contributed by atoms with van der Waals surface area (Å²) in [6.45, 7) is 8.29. The van der Waals surface area contributed by atoms with Crippen LogP contribution in [0.25, 0.3) is 0 Å². The molecule has 0 saturated carbocycles. The predicted molar refractivity (Wildman–Crippen MR) is 60.5 cm³/mol. The Bertz CT molecular complexity index is 329. The fourth-order valence-corrected chi connectivity index (χ4v) is 1.19. The molecule has 0 amide bonds. The van der Waals surface area contributed by atoms with Crippen LogP contribution < -0.4 is 5.48 Å². The number of benzene rings is 1. The Morgan fingerprint density at radius 2 is 2.00 bits per heavy atom. The number of aromatic hydroxyl groups is 1. The molecule has 0 aliphatic heterocycles. The molecule has 0 aliphatic carbocycles. The highest BCUT2D eigenvalue weighted by atomic mass is 16.7. The van der Waals surface area contributed by atoms with E-state index in [9.17, 15) is 5.11 Å². The zero-order valence-electron chi connectivity index (χ0n) is 9.79. The van der Waals surface area contributed by atoms with E-state index in [2.05, 4.69) is 5.48 Å². The van der Waals surface area contributed by atoms with Gasteiger partial charge < -0.3 is 5.11 Å². The molecule has 0 spiro atoms. The zero-order chi connectivity index (χ0) is 11.5. The molecule has 0 radical (unpaired) electrons. The smallest absolute Gasteiger partial charge is 0.123 e. The van der Waals surface area contributed by atoms with E-state index in [1.165, 1.54) is 0 Å². The molecule has 1 rings (SSSR count). The van der Waals surface area contributed by atoms with Crippen molar-refractivity contribution in [1.29, 1.82) is 0 Å². The minimum absolute atomic E-state index is 0.223. The summed E-state index contributed by atoms with van der Waals surface area (Å²) in [5.41, 5.74) is 4.35. The number of hydrogen-bond donors (Lipinski definition) is 2. The van der Waals surface area contributed by atoms with Gasteiger partial charge in [-0.25, -0.2) is 0 Å². The average molecular weight is 209 g/mol. The molecule has 0 fully saturated rings. The maximum Gasteiger partial charge on any atom is 0.123 e. The van der Waals surface area contributed by atoms with Crippen LogP contribution >= 0.6 is 0 Å². The van der Waals surface area contributed by atoms with E-state index in [1.54, 1.807) is 0 Å². The SMILES string of the molecule is Cc1cccc(CNOC(C)(C)C)c1O. The first-order valence-electron chi connectivity index (χ1n) is 5.08. The van der Waals surface area contributed by atoms with Crippen molar-refractivity contribution < 1.29 is 9.94 Å². The van der Waals surface area contributed by atoms with Gasteiger partial charge in [0.05, 0.1) is 5.60 Å². The Balaban J connectivity index is 2.55. The van der Waals surface area contributed by atoms with Gasteiger partial charge in [0.15, 0.2) is 0 Å². The number of para-hydroxylation sites is 1. The van der Waals surface area contributed by atoms with E-state index in [-0.39, 0.29) is 5.60 Å². The van der Waals surface area contributed by atoms with Crippen LogP contribution in [0.2, 0.25) is 0 Å². The standard InChI is InChI=1S/C12H19NO2/c1-9-6-5-7-10(11(9)14)8-13-15-12(2,3)4/h5-7,13-14H,8H2,1-4H3. The van der Waals surface area contributed by atoms with Crippen LogP contribution in [0.15, 0.2) is 18.2 Å². The molecule has 0 aliphatic rings. The van der Waals surface area contributed by atoms with Crippen molar-refractivity contribution in [3.63, 3.8) is 0 Å². The van der Waals surface area contributed by atoms with Gasteiger partial charge in [0, 0.05) is 12.1 Å². The lowest BCUT2D eigenvalue weighted by Crippen LogP contribution is -2.28. The molecule has 0 saturated heterocycles. The second-order valence-electron chi connectivity index (χ2n) is 4.62. The molecule has 2 N–H and O–H groups in total. The number of phenolic OH excluding ortho intramolecular Hbond substituents is 1. The third-order valence-corrected chi connectivity index (χ3v) is 1.96. The van der Waals surface area contributed by atoms with Crippen LogP contribution in [0.4, 0.5) is 0 Å². The summed E-state index contributed by atoms with van der Waals surface area (Å²) >= 11 is 0. The number of nitrogens with one attached hydrogen (secondary N) is 1. The molecule has 0 aromatic heterocycles. The summed E-state index contributed by atoms with van der Waals surface area (Å²) in [5.74, 6) is 0.336. The second-order valence-corrected chi connectivity index (χ2v) is 4.62. The summed E-state index contributed by atoms with van der Waals surface area (Å²) in [4.78, 5) is 5.37. The number of phenols is 1. The highest BCUT2D eigenvalue weighted by molar-refractivity contribution is 5.39. The lowest BCUT2D eigenvalue weighted by atomic mass is 10.1. The lowest BCUT2D eigenvalue weighted by molar-refractivity contribution is -0.0759. The Morgan fingerprint density at radius 1 is 1.33 bits per heavy atom. The lowest BCUT2D eigenvalue weighted by Gasteiger charge is -2.19. The van der Waals surface area contributed by atoms with E-state index in [4.69, 9.17) is 4.84 Å². The van der Waals surface area contributed by atoms with E-state index < -0.39 is 0 Å². The molecule has 0 unspecified atom stereocenters. The molecule has 84 valence electrons. The maximum absolute atomic E-state index is 9.73. The summed E-state index contributed by atoms with van der Waals surface area (Å²) in [5, 5.41) is 9.73. The fraction of sp³-hybridized carbons (Fsp3) is 0.500. The van der Waals surface area contributed by atoms with Gasteiger partial charge in [-0.1, -0.05) is 18.2 Å². The van der Waals surface area contributed by atoms with E-state index in [0.29, 0.717) is 12.3 Å². The van der Waals surface area contributed by atoms with Crippen molar-refractivity contribution in [2.24, 2.45) is 0 Å². The molecule has 0 atom stereocenters. The van der Waals surface area contributed by atoms with Crippen LogP contribution in [-0.2, 0) is 11.4 Å². The predicted octanol–water partition coefficient (Wildman–Crippen LogP) is 2.52. The molecule has 3 nitrogen and oxygen atoms in total. The Labute approximate surface area is 91.0 Å². The van der Waals surface area contributed by atoms with Crippen molar-refractivity contribution in [3.8, 4) is 5.75 Å². The van der Waals surface area contributed by atoms with Gasteiger partial charge in [-0.15, -0.1) is 0 Å². The fourth-order valence-electron chi connectivity index (χ4n) is 1.19. The van der Waals surface area contributed by atoms with Gasteiger partial charge in [0.25, 0.3) is 0 Å². The summed E-state index contributed by atoms with van der Waals surface area (Å²) < 4.78 is 0. The molecule has 1 aromatic rings. The molecule has 3 heteroatoms. The van der Waals surface area contributed by atoms with Crippen molar-refractivity contribution in [2.45, 2.75) is 39.8 Å². The first kappa shape index (κ1) is 12.0.